The quantitative estimate of drug-likeness (QED) is 0.619. The molecule has 184 valence electrons. The number of hydrogen-bond acceptors (Lipinski definition) is 5. The second-order valence-electron chi connectivity index (χ2n) is 10.3. The van der Waals surface area contributed by atoms with Crippen LogP contribution in [0.25, 0.3) is 0 Å². The molecule has 2 aliphatic rings. The van der Waals surface area contributed by atoms with Crippen LogP contribution in [-0.2, 0) is 10.2 Å². The van der Waals surface area contributed by atoms with Crippen molar-refractivity contribution in [1.29, 1.82) is 0 Å². The maximum Gasteiger partial charge on any atom is 0.255 e. The van der Waals surface area contributed by atoms with Gasteiger partial charge in [0.1, 0.15) is 0 Å². The summed E-state index contributed by atoms with van der Waals surface area (Å²) in [6.07, 6.45) is 1.03. The molecule has 0 aliphatic carbocycles. The van der Waals surface area contributed by atoms with Crippen molar-refractivity contribution < 1.29 is 9.59 Å². The standard InChI is InChI=1S/C28H34N4O2S/c1-18-23(26(34)31(5)6)24(32-15-8-16-35-27(32)29-18)20-9-7-10-22(17-20)30-25(33)19-11-13-21(14-12-19)28(2,3)4/h7,9-14,17,24H,8,15-16H2,1-6H3,(H,30,33). The van der Waals surface area contributed by atoms with Crippen LogP contribution in [0.1, 0.15) is 61.6 Å². The minimum absolute atomic E-state index is 0.0333. The zero-order valence-electron chi connectivity index (χ0n) is 21.4. The zero-order valence-corrected chi connectivity index (χ0v) is 22.2. The Morgan fingerprint density at radius 1 is 1.11 bits per heavy atom. The third-order valence-electron chi connectivity index (χ3n) is 6.37. The van der Waals surface area contributed by atoms with Crippen LogP contribution in [0.5, 0.6) is 0 Å². The van der Waals surface area contributed by atoms with Gasteiger partial charge in [-0.1, -0.05) is 56.8 Å². The molecule has 6 nitrogen and oxygen atoms in total. The number of nitrogens with zero attached hydrogens (tertiary/aromatic N) is 3. The van der Waals surface area contributed by atoms with E-state index in [1.54, 1.807) is 30.8 Å². The Labute approximate surface area is 212 Å². The predicted octanol–water partition coefficient (Wildman–Crippen LogP) is 5.45. The van der Waals surface area contributed by atoms with Gasteiger partial charge in [0, 0.05) is 37.6 Å². The largest absolute Gasteiger partial charge is 0.345 e. The van der Waals surface area contributed by atoms with Gasteiger partial charge in [-0.3, -0.25) is 9.59 Å². The molecule has 0 bridgehead atoms. The van der Waals surface area contributed by atoms with Crippen LogP contribution in [0.15, 0.2) is 64.8 Å². The van der Waals surface area contributed by atoms with Crippen molar-refractivity contribution in [2.45, 2.75) is 45.6 Å². The number of fused-ring (bicyclic) bond motifs is 1. The summed E-state index contributed by atoms with van der Waals surface area (Å²) in [6, 6.07) is 15.3. The van der Waals surface area contributed by atoms with E-state index in [2.05, 4.69) is 31.0 Å². The van der Waals surface area contributed by atoms with Gasteiger partial charge in [0.15, 0.2) is 5.17 Å². The molecule has 2 heterocycles. The molecule has 1 atom stereocenters. The lowest BCUT2D eigenvalue weighted by atomic mass is 9.86. The summed E-state index contributed by atoms with van der Waals surface area (Å²) >= 11 is 1.73. The minimum atomic E-state index is -0.242. The van der Waals surface area contributed by atoms with Gasteiger partial charge in [0.2, 0.25) is 0 Å². The number of amidine groups is 1. The topological polar surface area (TPSA) is 65.0 Å². The van der Waals surface area contributed by atoms with E-state index in [9.17, 15) is 9.59 Å². The third-order valence-corrected chi connectivity index (χ3v) is 7.45. The Morgan fingerprint density at radius 2 is 1.83 bits per heavy atom. The Bertz CT molecular complexity index is 1190. The summed E-state index contributed by atoms with van der Waals surface area (Å²) < 4.78 is 0. The molecule has 0 saturated carbocycles. The SMILES string of the molecule is CC1=C(C(=O)N(C)C)C(c2cccc(NC(=O)c3ccc(C(C)(C)C)cc3)c2)N2CCCSC2=N1. The van der Waals surface area contributed by atoms with Crippen LogP contribution in [0.2, 0.25) is 0 Å². The number of aliphatic imine (C=N–C) groups is 1. The first-order chi connectivity index (χ1) is 16.6. The number of thioether (sulfide) groups is 1. The van der Waals surface area contributed by atoms with Crippen LogP contribution >= 0.6 is 11.8 Å². The molecule has 2 aromatic rings. The summed E-state index contributed by atoms with van der Waals surface area (Å²) in [4.78, 5) is 34.8. The highest BCUT2D eigenvalue weighted by Crippen LogP contribution is 2.40. The summed E-state index contributed by atoms with van der Waals surface area (Å²) in [7, 11) is 3.54. The van der Waals surface area contributed by atoms with Gasteiger partial charge in [-0.2, -0.15) is 0 Å². The van der Waals surface area contributed by atoms with Crippen LogP contribution in [0.4, 0.5) is 5.69 Å². The number of anilines is 1. The van der Waals surface area contributed by atoms with Crippen molar-refractivity contribution in [2.75, 3.05) is 31.7 Å². The summed E-state index contributed by atoms with van der Waals surface area (Å²) in [5.41, 5.74) is 4.93. The third kappa shape index (κ3) is 5.30. The number of allylic oxidation sites excluding steroid dienone is 1. The van der Waals surface area contributed by atoms with E-state index in [1.165, 1.54) is 5.56 Å². The second kappa shape index (κ2) is 9.90. The number of carbonyl (C=O) groups excluding carboxylic acids is 2. The molecule has 0 spiro atoms. The van der Waals surface area contributed by atoms with Crippen molar-refractivity contribution in [3.05, 3.63) is 76.5 Å². The molecule has 0 radical (unpaired) electrons. The summed E-state index contributed by atoms with van der Waals surface area (Å²) in [6.45, 7) is 9.21. The van der Waals surface area contributed by atoms with Gasteiger partial charge in [0.25, 0.3) is 11.8 Å². The number of hydrogen-bond donors (Lipinski definition) is 1. The highest BCUT2D eigenvalue weighted by atomic mass is 32.2. The molecule has 1 saturated heterocycles. The highest BCUT2D eigenvalue weighted by Gasteiger charge is 2.37. The van der Waals surface area contributed by atoms with Crippen molar-refractivity contribution in [3.63, 3.8) is 0 Å². The van der Waals surface area contributed by atoms with E-state index < -0.39 is 0 Å². The molecule has 4 rings (SSSR count). The van der Waals surface area contributed by atoms with E-state index in [4.69, 9.17) is 4.99 Å². The van der Waals surface area contributed by atoms with E-state index >= 15 is 0 Å². The van der Waals surface area contributed by atoms with E-state index in [0.29, 0.717) is 16.8 Å². The lowest BCUT2D eigenvalue weighted by Crippen LogP contribution is -2.43. The average molecular weight is 491 g/mol. The second-order valence-corrected chi connectivity index (χ2v) is 11.4. The fourth-order valence-corrected chi connectivity index (χ4v) is 5.46. The van der Waals surface area contributed by atoms with E-state index in [-0.39, 0.29) is 23.3 Å². The summed E-state index contributed by atoms with van der Waals surface area (Å²) in [5, 5.41) is 4.00. The van der Waals surface area contributed by atoms with Crippen molar-refractivity contribution in [3.8, 4) is 0 Å². The van der Waals surface area contributed by atoms with Crippen LogP contribution in [0, 0.1) is 0 Å². The Kier molecular flexibility index (Phi) is 7.08. The maximum absolute atomic E-state index is 13.2. The maximum atomic E-state index is 13.2. The van der Waals surface area contributed by atoms with Crippen LogP contribution < -0.4 is 5.32 Å². The van der Waals surface area contributed by atoms with Gasteiger partial charge < -0.3 is 15.1 Å². The number of likely N-dealkylation sites (N-methyl/N-ethyl adjacent to an activating group) is 1. The predicted molar refractivity (Wildman–Crippen MR) is 145 cm³/mol. The molecule has 1 unspecified atom stereocenters. The molecule has 2 amide bonds. The number of nitrogens with one attached hydrogen (secondary N) is 1. The molecular weight excluding hydrogens is 456 g/mol. The molecule has 1 fully saturated rings. The number of benzene rings is 2. The Morgan fingerprint density at radius 3 is 2.49 bits per heavy atom. The lowest BCUT2D eigenvalue weighted by molar-refractivity contribution is -0.125. The average Bonchev–Trinajstić information content (AvgIpc) is 2.82. The monoisotopic (exact) mass is 490 g/mol. The van der Waals surface area contributed by atoms with E-state index in [1.807, 2.05) is 55.5 Å². The van der Waals surface area contributed by atoms with Crippen LogP contribution in [-0.4, -0.2) is 53.2 Å². The normalized spacial score (nSPS) is 18.1. The van der Waals surface area contributed by atoms with Crippen molar-refractivity contribution in [2.24, 2.45) is 4.99 Å². The number of amides is 2. The Balaban J connectivity index is 1.64. The van der Waals surface area contributed by atoms with Crippen LogP contribution in [0.3, 0.4) is 0 Å². The highest BCUT2D eigenvalue weighted by molar-refractivity contribution is 8.13. The van der Waals surface area contributed by atoms with Gasteiger partial charge in [-0.25, -0.2) is 4.99 Å². The number of carbonyl (C=O) groups is 2. The molecule has 7 heteroatoms. The molecule has 0 aromatic heterocycles. The van der Waals surface area contributed by atoms with E-state index in [0.717, 1.165) is 35.1 Å². The minimum Gasteiger partial charge on any atom is -0.345 e. The smallest absolute Gasteiger partial charge is 0.255 e. The molecule has 2 aliphatic heterocycles. The first-order valence-corrected chi connectivity index (χ1v) is 13.0. The fraction of sp³-hybridized carbons (Fsp3) is 0.393. The first-order valence-electron chi connectivity index (χ1n) is 12.0. The molecule has 1 N–H and O–H groups in total. The fourth-order valence-electron chi connectivity index (χ4n) is 4.44. The first kappa shape index (κ1) is 25.0. The van der Waals surface area contributed by atoms with Gasteiger partial charge in [0.05, 0.1) is 17.3 Å². The molecule has 35 heavy (non-hydrogen) atoms. The van der Waals surface area contributed by atoms with Gasteiger partial charge in [-0.05, 0) is 54.2 Å². The molecule has 2 aromatic carbocycles. The lowest BCUT2D eigenvalue weighted by Gasteiger charge is -2.41. The summed E-state index contributed by atoms with van der Waals surface area (Å²) in [5.74, 6) is 0.828. The van der Waals surface area contributed by atoms with Gasteiger partial charge >= 0.3 is 0 Å². The number of rotatable bonds is 4. The van der Waals surface area contributed by atoms with Crippen molar-refractivity contribution in [1.82, 2.24) is 9.80 Å². The molecular formula is C28H34N4O2S. The zero-order chi connectivity index (χ0) is 25.3. The van der Waals surface area contributed by atoms with Gasteiger partial charge in [-0.15, -0.1) is 0 Å². The Hall–Kier alpha value is -3.06. The van der Waals surface area contributed by atoms with Crippen molar-refractivity contribution >= 4 is 34.4 Å².